The maximum atomic E-state index is 12.8. The Kier molecular flexibility index (Phi) is 4.14. The van der Waals surface area contributed by atoms with Crippen molar-refractivity contribution in [3.05, 3.63) is 18.7 Å². The first-order valence-electron chi connectivity index (χ1n) is 8.09. The molecule has 7 nitrogen and oxygen atoms in total. The van der Waals surface area contributed by atoms with Crippen LogP contribution in [-0.2, 0) is 16.1 Å². The van der Waals surface area contributed by atoms with E-state index in [1.807, 2.05) is 16.7 Å². The van der Waals surface area contributed by atoms with E-state index in [1.165, 1.54) is 0 Å². The lowest BCUT2D eigenvalue weighted by atomic mass is 9.89. The summed E-state index contributed by atoms with van der Waals surface area (Å²) in [4.78, 5) is 32.2. The van der Waals surface area contributed by atoms with Crippen LogP contribution in [-0.4, -0.2) is 67.5 Å². The molecule has 0 aliphatic carbocycles. The fourth-order valence-corrected chi connectivity index (χ4v) is 4.15. The Morgan fingerprint density at radius 3 is 2.83 bits per heavy atom. The Hall–Kier alpha value is -1.89. The van der Waals surface area contributed by atoms with E-state index >= 15 is 0 Å². The van der Waals surface area contributed by atoms with E-state index in [0.717, 1.165) is 12.8 Å². The fourth-order valence-electron chi connectivity index (χ4n) is 4.15. The smallest absolute Gasteiger partial charge is 0.243 e. The molecule has 0 bridgehead atoms. The van der Waals surface area contributed by atoms with Crippen molar-refractivity contribution in [1.82, 2.24) is 19.4 Å². The molecule has 7 heteroatoms. The van der Waals surface area contributed by atoms with Crippen LogP contribution < -0.4 is 0 Å². The molecule has 0 radical (unpaired) electrons. The number of likely N-dealkylation sites (tertiary alicyclic amines) is 2. The SMILES string of the molecule is CC(=O)N1CC[C@H]2[C@H](C1)C[C@](C)(CO)N2C(=O)Cn1ccnc1. The van der Waals surface area contributed by atoms with E-state index in [-0.39, 0.29) is 36.9 Å². The zero-order valence-electron chi connectivity index (χ0n) is 13.7. The fraction of sp³-hybridized carbons (Fsp3) is 0.688. The molecule has 2 aliphatic heterocycles. The van der Waals surface area contributed by atoms with Gasteiger partial charge in [-0.3, -0.25) is 9.59 Å². The highest BCUT2D eigenvalue weighted by Gasteiger charge is 2.52. The summed E-state index contributed by atoms with van der Waals surface area (Å²) in [7, 11) is 0. The summed E-state index contributed by atoms with van der Waals surface area (Å²) in [5.74, 6) is 0.317. The second-order valence-electron chi connectivity index (χ2n) is 6.94. The summed E-state index contributed by atoms with van der Waals surface area (Å²) >= 11 is 0. The Morgan fingerprint density at radius 2 is 2.22 bits per heavy atom. The molecule has 2 saturated heterocycles. The van der Waals surface area contributed by atoms with Crippen LogP contribution in [0.1, 0.15) is 26.7 Å². The van der Waals surface area contributed by atoms with Crippen molar-refractivity contribution in [3.63, 3.8) is 0 Å². The van der Waals surface area contributed by atoms with E-state index < -0.39 is 5.54 Å². The summed E-state index contributed by atoms with van der Waals surface area (Å²) in [6.45, 7) is 5.04. The second kappa shape index (κ2) is 5.96. The first-order chi connectivity index (χ1) is 10.9. The van der Waals surface area contributed by atoms with Crippen molar-refractivity contribution >= 4 is 11.8 Å². The van der Waals surface area contributed by atoms with Gasteiger partial charge in [0.15, 0.2) is 0 Å². The van der Waals surface area contributed by atoms with Gasteiger partial charge < -0.3 is 19.5 Å². The number of aliphatic hydroxyl groups excluding tert-OH is 1. The van der Waals surface area contributed by atoms with Crippen LogP contribution in [0.4, 0.5) is 0 Å². The van der Waals surface area contributed by atoms with Crippen molar-refractivity contribution in [2.45, 2.75) is 44.8 Å². The predicted octanol–water partition coefficient (Wildman–Crippen LogP) is 0.103. The van der Waals surface area contributed by atoms with Crippen LogP contribution in [0.25, 0.3) is 0 Å². The van der Waals surface area contributed by atoms with Gasteiger partial charge in [-0.1, -0.05) is 0 Å². The normalized spacial score (nSPS) is 30.4. The number of hydrogen-bond donors (Lipinski definition) is 1. The van der Waals surface area contributed by atoms with Crippen molar-refractivity contribution in [2.75, 3.05) is 19.7 Å². The number of fused-ring (bicyclic) bond motifs is 1. The largest absolute Gasteiger partial charge is 0.394 e. The molecule has 1 N–H and O–H groups in total. The average molecular weight is 320 g/mol. The number of rotatable bonds is 3. The van der Waals surface area contributed by atoms with E-state index in [2.05, 4.69) is 4.98 Å². The van der Waals surface area contributed by atoms with Crippen LogP contribution in [0.15, 0.2) is 18.7 Å². The van der Waals surface area contributed by atoms with E-state index in [4.69, 9.17) is 0 Å². The number of amides is 2. The minimum atomic E-state index is -0.556. The Balaban J connectivity index is 1.80. The predicted molar refractivity (Wildman–Crippen MR) is 83.3 cm³/mol. The molecular weight excluding hydrogens is 296 g/mol. The number of hydrogen-bond acceptors (Lipinski definition) is 4. The lowest BCUT2D eigenvalue weighted by Crippen LogP contribution is -2.54. The third-order valence-corrected chi connectivity index (χ3v) is 5.24. The summed E-state index contributed by atoms with van der Waals surface area (Å²) < 4.78 is 1.75. The highest BCUT2D eigenvalue weighted by molar-refractivity contribution is 5.78. The monoisotopic (exact) mass is 320 g/mol. The minimum absolute atomic E-state index is 0.00308. The molecular formula is C16H24N4O3. The Bertz CT molecular complexity index is 588. The Labute approximate surface area is 135 Å². The highest BCUT2D eigenvalue weighted by atomic mass is 16.3. The van der Waals surface area contributed by atoms with E-state index in [1.54, 1.807) is 30.2 Å². The minimum Gasteiger partial charge on any atom is -0.394 e. The van der Waals surface area contributed by atoms with Gasteiger partial charge in [-0.15, -0.1) is 0 Å². The molecule has 3 atom stereocenters. The van der Waals surface area contributed by atoms with Crippen LogP contribution in [0.3, 0.4) is 0 Å². The van der Waals surface area contributed by atoms with Gasteiger partial charge in [-0.25, -0.2) is 4.98 Å². The molecule has 0 spiro atoms. The maximum Gasteiger partial charge on any atom is 0.243 e. The van der Waals surface area contributed by atoms with Crippen molar-refractivity contribution in [1.29, 1.82) is 0 Å². The van der Waals surface area contributed by atoms with Gasteiger partial charge >= 0.3 is 0 Å². The van der Waals surface area contributed by atoms with Gasteiger partial charge in [-0.2, -0.15) is 0 Å². The first-order valence-corrected chi connectivity index (χ1v) is 8.09. The van der Waals surface area contributed by atoms with Gasteiger partial charge in [0.05, 0.1) is 18.5 Å². The van der Waals surface area contributed by atoms with Gasteiger partial charge in [0.2, 0.25) is 11.8 Å². The molecule has 2 aliphatic rings. The average Bonchev–Trinajstić information content (AvgIpc) is 3.11. The maximum absolute atomic E-state index is 12.8. The third-order valence-electron chi connectivity index (χ3n) is 5.24. The summed E-state index contributed by atoms with van der Waals surface area (Å²) in [6, 6.07) is 0.0961. The molecule has 0 aromatic carbocycles. The lowest BCUT2D eigenvalue weighted by Gasteiger charge is -2.40. The summed E-state index contributed by atoms with van der Waals surface area (Å²) in [5, 5.41) is 9.90. The number of piperidine rings is 1. The lowest BCUT2D eigenvalue weighted by molar-refractivity contribution is -0.141. The zero-order valence-corrected chi connectivity index (χ0v) is 13.7. The number of carbonyl (C=O) groups excluding carboxylic acids is 2. The highest BCUT2D eigenvalue weighted by Crippen LogP contribution is 2.42. The topological polar surface area (TPSA) is 78.7 Å². The number of nitrogens with zero attached hydrogens (tertiary/aromatic N) is 4. The Morgan fingerprint density at radius 1 is 1.43 bits per heavy atom. The molecule has 3 heterocycles. The second-order valence-corrected chi connectivity index (χ2v) is 6.94. The molecule has 0 unspecified atom stereocenters. The van der Waals surface area contributed by atoms with E-state index in [9.17, 15) is 14.7 Å². The molecule has 1 aromatic rings. The molecule has 2 fully saturated rings. The van der Waals surface area contributed by atoms with Crippen LogP contribution >= 0.6 is 0 Å². The first kappa shape index (κ1) is 16.0. The molecule has 23 heavy (non-hydrogen) atoms. The number of carbonyl (C=O) groups is 2. The molecule has 2 amide bonds. The van der Waals surface area contributed by atoms with Gasteiger partial charge in [0.25, 0.3) is 0 Å². The zero-order chi connectivity index (χ0) is 16.6. The summed E-state index contributed by atoms with van der Waals surface area (Å²) in [5.41, 5.74) is -0.556. The molecule has 3 rings (SSSR count). The number of imidazole rings is 1. The van der Waals surface area contributed by atoms with Crippen LogP contribution in [0.5, 0.6) is 0 Å². The molecule has 1 aromatic heterocycles. The van der Waals surface area contributed by atoms with Crippen LogP contribution in [0, 0.1) is 5.92 Å². The third kappa shape index (κ3) is 2.85. The van der Waals surface area contributed by atoms with Crippen molar-refractivity contribution < 1.29 is 14.7 Å². The standard InChI is InChI=1S/C16H24N4O3/c1-12(22)19-5-3-14-13(8-19)7-16(2,10-21)20(14)15(23)9-18-6-4-17-11-18/h4,6,11,13-14,21H,3,5,7-10H2,1-2H3/t13-,14-,16+/m0/s1. The van der Waals surface area contributed by atoms with Gasteiger partial charge in [-0.05, 0) is 25.7 Å². The van der Waals surface area contributed by atoms with Crippen molar-refractivity contribution in [2.24, 2.45) is 5.92 Å². The van der Waals surface area contributed by atoms with Crippen molar-refractivity contribution in [3.8, 4) is 0 Å². The molecule has 0 saturated carbocycles. The quantitative estimate of drug-likeness (QED) is 0.857. The number of aromatic nitrogens is 2. The molecule has 126 valence electrons. The van der Waals surface area contributed by atoms with E-state index in [0.29, 0.717) is 13.1 Å². The summed E-state index contributed by atoms with van der Waals surface area (Å²) in [6.07, 6.45) is 6.54. The van der Waals surface area contributed by atoms with Gasteiger partial charge in [0, 0.05) is 38.4 Å². The number of aliphatic hydroxyl groups is 1. The van der Waals surface area contributed by atoms with Crippen LogP contribution in [0.2, 0.25) is 0 Å². The van der Waals surface area contributed by atoms with Gasteiger partial charge in [0.1, 0.15) is 6.54 Å².